The maximum absolute atomic E-state index is 12.7. The Morgan fingerprint density at radius 3 is 2.47 bits per heavy atom. The Balaban J connectivity index is 1.36. The standard InChI is InChI=1S/C27H41N7O2/c1-3-33(23-10-6-22(19-28)7-11-23)20(2)18-21-4-8-24(9-5-21)34-15-12-25(31-27(34)36)30-26(35)32-16-13-29-14-17-32/h4-5,8-9,12,15,20,22-23,29H,3,6-7,10-11,13-14,16-19,28H2,1-2H3,(H,30,31,35,36). The van der Waals surface area contributed by atoms with Crippen molar-refractivity contribution in [3.63, 3.8) is 0 Å². The lowest BCUT2D eigenvalue weighted by Gasteiger charge is -2.39. The number of carbonyl (C=O) groups excluding carboxylic acids is 1. The van der Waals surface area contributed by atoms with Gasteiger partial charge in [0.1, 0.15) is 5.82 Å². The Bertz CT molecular complexity index is 1040. The van der Waals surface area contributed by atoms with E-state index in [2.05, 4.69) is 46.5 Å². The normalized spacial score (nSPS) is 21.4. The third-order valence-corrected chi connectivity index (χ3v) is 7.74. The zero-order valence-electron chi connectivity index (χ0n) is 21.7. The molecule has 2 heterocycles. The predicted octanol–water partition coefficient (Wildman–Crippen LogP) is 2.44. The number of nitrogens with two attached hydrogens (primary N) is 1. The first-order valence-electron chi connectivity index (χ1n) is 13.4. The molecule has 0 radical (unpaired) electrons. The number of hydrogen-bond acceptors (Lipinski definition) is 6. The summed E-state index contributed by atoms with van der Waals surface area (Å²) in [7, 11) is 0. The van der Waals surface area contributed by atoms with Crippen molar-refractivity contribution >= 4 is 11.8 Å². The van der Waals surface area contributed by atoms with Crippen LogP contribution in [0.5, 0.6) is 0 Å². The van der Waals surface area contributed by atoms with Crippen molar-refractivity contribution in [1.29, 1.82) is 0 Å². The number of nitrogens with one attached hydrogen (secondary N) is 2. The van der Waals surface area contributed by atoms with Crippen LogP contribution in [0, 0.1) is 5.92 Å². The quantitative estimate of drug-likeness (QED) is 0.519. The summed E-state index contributed by atoms with van der Waals surface area (Å²) in [5, 5.41) is 5.95. The van der Waals surface area contributed by atoms with E-state index in [1.54, 1.807) is 17.2 Å². The van der Waals surface area contributed by atoms with Crippen LogP contribution in [0.4, 0.5) is 10.6 Å². The molecule has 4 rings (SSSR count). The molecule has 2 fully saturated rings. The largest absolute Gasteiger partial charge is 0.354 e. The zero-order valence-corrected chi connectivity index (χ0v) is 21.7. The molecule has 0 bridgehead atoms. The number of nitrogens with zero attached hydrogens (tertiary/aromatic N) is 4. The van der Waals surface area contributed by atoms with Crippen molar-refractivity contribution in [2.45, 2.75) is 58.0 Å². The van der Waals surface area contributed by atoms with E-state index < -0.39 is 5.69 Å². The second-order valence-electron chi connectivity index (χ2n) is 10.1. The summed E-state index contributed by atoms with van der Waals surface area (Å²) in [4.78, 5) is 33.5. The first kappa shape index (κ1) is 26.3. The average Bonchev–Trinajstić information content (AvgIpc) is 2.91. The van der Waals surface area contributed by atoms with E-state index in [0.717, 1.165) is 38.3 Å². The number of piperazine rings is 1. The minimum Gasteiger partial charge on any atom is -0.330 e. The van der Waals surface area contributed by atoms with Gasteiger partial charge in [-0.25, -0.2) is 9.59 Å². The van der Waals surface area contributed by atoms with Gasteiger partial charge in [0.25, 0.3) is 0 Å². The molecule has 1 atom stereocenters. The van der Waals surface area contributed by atoms with E-state index in [-0.39, 0.29) is 11.8 Å². The molecule has 36 heavy (non-hydrogen) atoms. The van der Waals surface area contributed by atoms with Gasteiger partial charge in [-0.2, -0.15) is 4.98 Å². The lowest BCUT2D eigenvalue weighted by Crippen LogP contribution is -2.48. The first-order chi connectivity index (χ1) is 17.5. The smallest absolute Gasteiger partial charge is 0.330 e. The van der Waals surface area contributed by atoms with Crippen molar-refractivity contribution in [3.05, 3.63) is 52.6 Å². The molecule has 1 aromatic heterocycles. The highest BCUT2D eigenvalue weighted by atomic mass is 16.2. The van der Waals surface area contributed by atoms with Gasteiger partial charge in [0.2, 0.25) is 0 Å². The molecule has 2 aliphatic rings. The highest BCUT2D eigenvalue weighted by molar-refractivity contribution is 5.88. The van der Waals surface area contributed by atoms with E-state index in [1.807, 2.05) is 12.1 Å². The number of anilines is 1. The molecule has 2 amide bonds. The summed E-state index contributed by atoms with van der Waals surface area (Å²) in [6, 6.07) is 10.6. The number of carbonyl (C=O) groups is 1. The van der Waals surface area contributed by atoms with Crippen LogP contribution < -0.4 is 22.1 Å². The van der Waals surface area contributed by atoms with Crippen molar-refractivity contribution in [2.24, 2.45) is 11.7 Å². The van der Waals surface area contributed by atoms with Gasteiger partial charge >= 0.3 is 11.7 Å². The fourth-order valence-corrected chi connectivity index (χ4v) is 5.62. The number of aromatic nitrogens is 2. The molecule has 2 aromatic rings. The number of urea groups is 1. The Labute approximate surface area is 214 Å². The Morgan fingerprint density at radius 1 is 1.17 bits per heavy atom. The van der Waals surface area contributed by atoms with Crippen molar-refractivity contribution in [2.75, 3.05) is 44.6 Å². The minimum atomic E-state index is -0.417. The molecule has 196 valence electrons. The number of rotatable bonds is 8. The SMILES string of the molecule is CCN(C(C)Cc1ccc(-n2ccc(NC(=O)N3CCNCC3)nc2=O)cc1)C1CCC(CN)CC1. The lowest BCUT2D eigenvalue weighted by molar-refractivity contribution is 0.105. The molecule has 1 saturated heterocycles. The monoisotopic (exact) mass is 495 g/mol. The summed E-state index contributed by atoms with van der Waals surface area (Å²) in [5.41, 5.74) is 7.47. The van der Waals surface area contributed by atoms with E-state index in [9.17, 15) is 9.59 Å². The summed E-state index contributed by atoms with van der Waals surface area (Å²) < 4.78 is 1.50. The van der Waals surface area contributed by atoms with Gasteiger partial charge in [-0.3, -0.25) is 14.8 Å². The van der Waals surface area contributed by atoms with Crippen molar-refractivity contribution < 1.29 is 4.79 Å². The lowest BCUT2D eigenvalue weighted by atomic mass is 9.84. The molecule has 1 saturated carbocycles. The number of benzene rings is 1. The van der Waals surface area contributed by atoms with Crippen LogP contribution in [0.25, 0.3) is 5.69 Å². The van der Waals surface area contributed by atoms with Gasteiger partial charge in [0.05, 0.1) is 5.69 Å². The van der Waals surface area contributed by atoms with Crippen LogP contribution in [0.3, 0.4) is 0 Å². The molecule has 4 N–H and O–H groups in total. The molecule has 1 aliphatic carbocycles. The van der Waals surface area contributed by atoms with Gasteiger partial charge in [0.15, 0.2) is 0 Å². The summed E-state index contributed by atoms with van der Waals surface area (Å²) in [5.74, 6) is 0.962. The second-order valence-corrected chi connectivity index (χ2v) is 10.1. The van der Waals surface area contributed by atoms with Gasteiger partial charge in [-0.15, -0.1) is 0 Å². The molecule has 1 unspecified atom stereocenters. The van der Waals surface area contributed by atoms with Crippen LogP contribution in [0.1, 0.15) is 45.1 Å². The van der Waals surface area contributed by atoms with Gasteiger partial charge in [-0.05, 0) is 81.8 Å². The molecular weight excluding hydrogens is 454 g/mol. The summed E-state index contributed by atoms with van der Waals surface area (Å²) in [6.45, 7) is 9.24. The molecule has 0 spiro atoms. The van der Waals surface area contributed by atoms with Crippen LogP contribution in [-0.4, -0.2) is 76.7 Å². The summed E-state index contributed by atoms with van der Waals surface area (Å²) in [6.07, 6.45) is 7.58. The van der Waals surface area contributed by atoms with E-state index in [4.69, 9.17) is 5.73 Å². The Morgan fingerprint density at radius 2 is 1.86 bits per heavy atom. The average molecular weight is 496 g/mol. The topological polar surface area (TPSA) is 109 Å². The van der Waals surface area contributed by atoms with Crippen LogP contribution in [0.2, 0.25) is 0 Å². The number of amides is 2. The highest BCUT2D eigenvalue weighted by Gasteiger charge is 2.27. The van der Waals surface area contributed by atoms with Crippen LogP contribution in [-0.2, 0) is 6.42 Å². The van der Waals surface area contributed by atoms with E-state index >= 15 is 0 Å². The van der Waals surface area contributed by atoms with Gasteiger partial charge in [-0.1, -0.05) is 19.1 Å². The molecule has 1 aliphatic heterocycles. The fourth-order valence-electron chi connectivity index (χ4n) is 5.62. The predicted molar refractivity (Wildman–Crippen MR) is 144 cm³/mol. The maximum atomic E-state index is 12.7. The molecule has 1 aromatic carbocycles. The van der Waals surface area contributed by atoms with Crippen molar-refractivity contribution in [1.82, 2.24) is 24.7 Å². The van der Waals surface area contributed by atoms with Crippen molar-refractivity contribution in [3.8, 4) is 5.69 Å². The first-order valence-corrected chi connectivity index (χ1v) is 13.4. The van der Waals surface area contributed by atoms with E-state index in [1.165, 1.54) is 35.8 Å². The molecule has 9 heteroatoms. The van der Waals surface area contributed by atoms with Crippen LogP contribution >= 0.6 is 0 Å². The summed E-state index contributed by atoms with van der Waals surface area (Å²) >= 11 is 0. The number of likely N-dealkylation sites (N-methyl/N-ethyl adjacent to an activating group) is 1. The Hall–Kier alpha value is -2.75. The number of hydrogen-bond donors (Lipinski definition) is 3. The minimum absolute atomic E-state index is 0.229. The molecule has 9 nitrogen and oxygen atoms in total. The second kappa shape index (κ2) is 12.5. The zero-order chi connectivity index (χ0) is 25.5. The highest BCUT2D eigenvalue weighted by Crippen LogP contribution is 2.28. The maximum Gasteiger partial charge on any atom is 0.354 e. The van der Waals surface area contributed by atoms with Gasteiger partial charge in [0, 0.05) is 44.5 Å². The fraction of sp³-hybridized carbons (Fsp3) is 0.593. The third-order valence-electron chi connectivity index (χ3n) is 7.74. The van der Waals surface area contributed by atoms with E-state index in [0.29, 0.717) is 31.1 Å². The van der Waals surface area contributed by atoms with Crippen LogP contribution in [0.15, 0.2) is 41.3 Å². The Kier molecular flexibility index (Phi) is 9.12. The molecular formula is C27H41N7O2. The van der Waals surface area contributed by atoms with Gasteiger partial charge < -0.3 is 16.0 Å². The third kappa shape index (κ3) is 6.52.